The first-order chi connectivity index (χ1) is 14.9. The second kappa shape index (κ2) is 10.7. The Labute approximate surface area is 190 Å². The Morgan fingerprint density at radius 2 is 1.32 bits per heavy atom. The van der Waals surface area contributed by atoms with E-state index in [2.05, 4.69) is 10.6 Å². The maximum absolute atomic E-state index is 12.4. The minimum Gasteiger partial charge on any atom is -0.482 e. The fourth-order valence-electron chi connectivity index (χ4n) is 2.57. The standard InChI is InChI=1S/C23H20Cl2N2O4/c1-15(31-21-9-5-3-7-19(21)25)23(29)27-17-12-10-16(11-13-17)26-22(28)14-30-20-8-4-2-6-18(20)24/h2-13,15H,14H2,1H3,(H,26,28)(H,27,29). The molecule has 0 aliphatic heterocycles. The van der Waals surface area contributed by atoms with Gasteiger partial charge >= 0.3 is 0 Å². The van der Waals surface area contributed by atoms with Crippen molar-refractivity contribution >= 4 is 46.4 Å². The minimum atomic E-state index is -0.749. The summed E-state index contributed by atoms with van der Waals surface area (Å²) in [4.78, 5) is 24.4. The number of carbonyl (C=O) groups is 2. The van der Waals surface area contributed by atoms with Gasteiger partial charge in [-0.1, -0.05) is 47.5 Å². The predicted molar refractivity (Wildman–Crippen MR) is 122 cm³/mol. The molecule has 8 heteroatoms. The monoisotopic (exact) mass is 458 g/mol. The third-order valence-electron chi connectivity index (χ3n) is 4.14. The van der Waals surface area contributed by atoms with Crippen molar-refractivity contribution in [3.8, 4) is 11.5 Å². The molecule has 0 saturated carbocycles. The van der Waals surface area contributed by atoms with Crippen LogP contribution in [0.5, 0.6) is 11.5 Å². The Morgan fingerprint density at radius 1 is 0.806 bits per heavy atom. The Kier molecular flexibility index (Phi) is 7.76. The topological polar surface area (TPSA) is 76.7 Å². The molecule has 0 spiro atoms. The van der Waals surface area contributed by atoms with E-state index in [-0.39, 0.29) is 18.4 Å². The number of hydrogen-bond acceptors (Lipinski definition) is 4. The molecule has 31 heavy (non-hydrogen) atoms. The van der Waals surface area contributed by atoms with Crippen molar-refractivity contribution in [1.82, 2.24) is 0 Å². The highest BCUT2D eigenvalue weighted by molar-refractivity contribution is 6.32. The average Bonchev–Trinajstić information content (AvgIpc) is 2.76. The summed E-state index contributed by atoms with van der Waals surface area (Å²) in [6.07, 6.45) is -0.749. The number of anilines is 2. The molecule has 0 heterocycles. The van der Waals surface area contributed by atoms with Gasteiger partial charge in [0.1, 0.15) is 11.5 Å². The summed E-state index contributed by atoms with van der Waals surface area (Å²) in [5.74, 6) is 0.206. The summed E-state index contributed by atoms with van der Waals surface area (Å²) in [7, 11) is 0. The van der Waals surface area contributed by atoms with Crippen LogP contribution >= 0.6 is 23.2 Å². The largest absolute Gasteiger partial charge is 0.482 e. The number of halogens is 2. The molecule has 160 valence electrons. The molecule has 0 aliphatic rings. The zero-order valence-electron chi connectivity index (χ0n) is 16.6. The molecular formula is C23H20Cl2N2O4. The van der Waals surface area contributed by atoms with Gasteiger partial charge in [-0.3, -0.25) is 9.59 Å². The first-order valence-corrected chi connectivity index (χ1v) is 10.2. The molecule has 0 radical (unpaired) electrons. The van der Waals surface area contributed by atoms with Gasteiger partial charge in [-0.25, -0.2) is 0 Å². The van der Waals surface area contributed by atoms with Gasteiger partial charge in [-0.05, 0) is 55.5 Å². The summed E-state index contributed by atoms with van der Waals surface area (Å²) in [6.45, 7) is 1.45. The number of para-hydroxylation sites is 2. The normalized spacial score (nSPS) is 11.3. The van der Waals surface area contributed by atoms with Crippen LogP contribution in [0.15, 0.2) is 72.8 Å². The molecule has 0 saturated heterocycles. The highest BCUT2D eigenvalue weighted by Crippen LogP contribution is 2.25. The number of amides is 2. The van der Waals surface area contributed by atoms with Crippen LogP contribution in [-0.2, 0) is 9.59 Å². The predicted octanol–water partition coefficient (Wildman–Crippen LogP) is 5.42. The van der Waals surface area contributed by atoms with E-state index in [9.17, 15) is 9.59 Å². The number of benzene rings is 3. The van der Waals surface area contributed by atoms with E-state index < -0.39 is 6.10 Å². The molecule has 2 N–H and O–H groups in total. The lowest BCUT2D eigenvalue weighted by Gasteiger charge is -2.16. The Balaban J connectivity index is 1.49. The third kappa shape index (κ3) is 6.64. The SMILES string of the molecule is CC(Oc1ccccc1Cl)C(=O)Nc1ccc(NC(=O)COc2ccccc2Cl)cc1. The molecule has 0 aromatic heterocycles. The maximum Gasteiger partial charge on any atom is 0.265 e. The van der Waals surface area contributed by atoms with Crippen LogP contribution in [0.2, 0.25) is 10.0 Å². The van der Waals surface area contributed by atoms with Crippen LogP contribution in [0.3, 0.4) is 0 Å². The first kappa shape index (κ1) is 22.5. The summed E-state index contributed by atoms with van der Waals surface area (Å²) in [5, 5.41) is 6.34. The van der Waals surface area contributed by atoms with Crippen LogP contribution in [0.1, 0.15) is 6.92 Å². The molecular weight excluding hydrogens is 439 g/mol. The third-order valence-corrected chi connectivity index (χ3v) is 4.77. The summed E-state index contributed by atoms with van der Waals surface area (Å²) >= 11 is 12.0. The molecule has 1 atom stereocenters. The van der Waals surface area contributed by atoms with Crippen molar-refractivity contribution in [3.05, 3.63) is 82.8 Å². The van der Waals surface area contributed by atoms with Crippen molar-refractivity contribution in [2.45, 2.75) is 13.0 Å². The van der Waals surface area contributed by atoms with Gasteiger partial charge in [0.15, 0.2) is 12.7 Å². The summed E-state index contributed by atoms with van der Waals surface area (Å²) < 4.78 is 11.0. The zero-order valence-corrected chi connectivity index (χ0v) is 18.1. The van der Waals surface area contributed by atoms with Crippen molar-refractivity contribution in [2.24, 2.45) is 0 Å². The van der Waals surface area contributed by atoms with Gasteiger partial charge in [0.05, 0.1) is 10.0 Å². The molecule has 2 amide bonds. The molecule has 6 nitrogen and oxygen atoms in total. The lowest BCUT2D eigenvalue weighted by atomic mass is 10.2. The average molecular weight is 459 g/mol. The Hall–Kier alpha value is -3.22. The van der Waals surface area contributed by atoms with E-state index >= 15 is 0 Å². The molecule has 3 aromatic carbocycles. The maximum atomic E-state index is 12.4. The Morgan fingerprint density at radius 3 is 1.90 bits per heavy atom. The van der Waals surface area contributed by atoms with Gasteiger partial charge in [0, 0.05) is 11.4 Å². The number of carbonyl (C=O) groups excluding carboxylic acids is 2. The highest BCUT2D eigenvalue weighted by atomic mass is 35.5. The fraction of sp³-hybridized carbons (Fsp3) is 0.130. The van der Waals surface area contributed by atoms with Crippen molar-refractivity contribution in [1.29, 1.82) is 0 Å². The van der Waals surface area contributed by atoms with E-state index in [0.29, 0.717) is 32.9 Å². The van der Waals surface area contributed by atoms with Crippen molar-refractivity contribution in [3.63, 3.8) is 0 Å². The zero-order chi connectivity index (χ0) is 22.2. The molecule has 1 unspecified atom stereocenters. The summed E-state index contributed by atoms with van der Waals surface area (Å²) in [6, 6.07) is 20.5. The van der Waals surface area contributed by atoms with Crippen LogP contribution in [0.25, 0.3) is 0 Å². The molecule has 0 fully saturated rings. The first-order valence-electron chi connectivity index (χ1n) is 9.41. The van der Waals surface area contributed by atoms with E-state index in [1.54, 1.807) is 79.7 Å². The van der Waals surface area contributed by atoms with E-state index in [1.807, 2.05) is 0 Å². The van der Waals surface area contributed by atoms with Gasteiger partial charge in [0.25, 0.3) is 11.8 Å². The Bertz CT molecular complexity index is 1060. The smallest absolute Gasteiger partial charge is 0.265 e. The molecule has 0 bridgehead atoms. The summed E-state index contributed by atoms with van der Waals surface area (Å²) in [5.41, 5.74) is 1.12. The number of hydrogen-bond donors (Lipinski definition) is 2. The van der Waals surface area contributed by atoms with Crippen LogP contribution in [0, 0.1) is 0 Å². The van der Waals surface area contributed by atoms with Gasteiger partial charge in [-0.15, -0.1) is 0 Å². The molecule has 3 rings (SSSR count). The van der Waals surface area contributed by atoms with Crippen LogP contribution < -0.4 is 20.1 Å². The number of rotatable bonds is 8. The molecule has 0 aliphatic carbocycles. The molecule has 3 aromatic rings. The van der Waals surface area contributed by atoms with Gasteiger partial charge < -0.3 is 20.1 Å². The van der Waals surface area contributed by atoms with Gasteiger partial charge in [-0.2, -0.15) is 0 Å². The van der Waals surface area contributed by atoms with Crippen molar-refractivity contribution < 1.29 is 19.1 Å². The van der Waals surface area contributed by atoms with Crippen LogP contribution in [0.4, 0.5) is 11.4 Å². The van der Waals surface area contributed by atoms with E-state index in [1.165, 1.54) is 0 Å². The van der Waals surface area contributed by atoms with E-state index in [4.69, 9.17) is 32.7 Å². The lowest BCUT2D eigenvalue weighted by molar-refractivity contribution is -0.122. The second-order valence-electron chi connectivity index (χ2n) is 6.52. The van der Waals surface area contributed by atoms with Crippen LogP contribution in [-0.4, -0.2) is 24.5 Å². The number of ether oxygens (including phenoxy) is 2. The van der Waals surface area contributed by atoms with Gasteiger partial charge in [0.2, 0.25) is 0 Å². The lowest BCUT2D eigenvalue weighted by Crippen LogP contribution is -2.30. The quantitative estimate of drug-likeness (QED) is 0.472. The van der Waals surface area contributed by atoms with Crippen molar-refractivity contribution in [2.75, 3.05) is 17.2 Å². The fourth-order valence-corrected chi connectivity index (χ4v) is 2.94. The highest BCUT2D eigenvalue weighted by Gasteiger charge is 2.16. The number of nitrogens with one attached hydrogen (secondary N) is 2. The second-order valence-corrected chi connectivity index (χ2v) is 7.34. The minimum absolute atomic E-state index is 0.181. The van der Waals surface area contributed by atoms with E-state index in [0.717, 1.165) is 0 Å².